The van der Waals surface area contributed by atoms with E-state index in [4.69, 9.17) is 10.2 Å². The first-order valence-electron chi connectivity index (χ1n) is 6.22. The van der Waals surface area contributed by atoms with E-state index in [2.05, 4.69) is 25.0 Å². The maximum absolute atomic E-state index is 8.69. The van der Waals surface area contributed by atoms with Crippen LogP contribution in [0.2, 0.25) is 0 Å². The predicted molar refractivity (Wildman–Crippen MR) is 74.1 cm³/mol. The van der Waals surface area contributed by atoms with Crippen LogP contribution >= 0.6 is 0 Å². The van der Waals surface area contributed by atoms with Gasteiger partial charge in [-0.1, -0.05) is 44.9 Å². The Balaban J connectivity index is 0. The molecule has 2 nitrogen and oxygen atoms in total. The first kappa shape index (κ1) is 18.2. The van der Waals surface area contributed by atoms with Crippen molar-refractivity contribution in [1.82, 2.24) is 0 Å². The van der Waals surface area contributed by atoms with Crippen LogP contribution in [0.4, 0.5) is 0 Å². The van der Waals surface area contributed by atoms with E-state index in [1.807, 2.05) is 13.0 Å². The predicted octanol–water partition coefficient (Wildman–Crippen LogP) is 4.28. The molecule has 2 heteroatoms. The van der Waals surface area contributed by atoms with Crippen LogP contribution < -0.4 is 0 Å². The minimum atomic E-state index is 0.131. The van der Waals surface area contributed by atoms with E-state index < -0.39 is 0 Å². The van der Waals surface area contributed by atoms with E-state index in [1.165, 1.54) is 32.1 Å². The van der Waals surface area contributed by atoms with Crippen LogP contribution in [0.1, 0.15) is 52.4 Å². The lowest BCUT2D eigenvalue weighted by Gasteiger charge is -1.95. The number of aliphatic hydroxyl groups is 2. The van der Waals surface area contributed by atoms with E-state index in [0.29, 0.717) is 0 Å². The van der Waals surface area contributed by atoms with E-state index in [-0.39, 0.29) is 6.61 Å². The zero-order chi connectivity index (χ0) is 13.4. The summed E-state index contributed by atoms with van der Waals surface area (Å²) in [6.45, 7) is 7.31. The highest BCUT2D eigenvalue weighted by Gasteiger charge is 1.86. The van der Waals surface area contributed by atoms with E-state index in [9.17, 15) is 0 Å². The number of rotatable bonds is 7. The van der Waals surface area contributed by atoms with Gasteiger partial charge < -0.3 is 10.2 Å². The van der Waals surface area contributed by atoms with Gasteiger partial charge in [0.05, 0.1) is 6.61 Å². The van der Waals surface area contributed by atoms with Crippen molar-refractivity contribution < 1.29 is 10.2 Å². The molecular weight excluding hydrogens is 212 g/mol. The molecule has 0 aliphatic rings. The van der Waals surface area contributed by atoms with Gasteiger partial charge in [0.25, 0.3) is 0 Å². The van der Waals surface area contributed by atoms with Gasteiger partial charge in [0.1, 0.15) is 6.26 Å². The number of hydrogen-bond acceptors (Lipinski definition) is 2. The van der Waals surface area contributed by atoms with E-state index >= 15 is 0 Å². The lowest BCUT2D eigenvalue weighted by Crippen LogP contribution is -1.80. The average molecular weight is 238 g/mol. The summed E-state index contributed by atoms with van der Waals surface area (Å²) in [4.78, 5) is 0. The van der Waals surface area contributed by atoms with Gasteiger partial charge in [0.2, 0.25) is 0 Å². The average Bonchev–Trinajstić information content (AvgIpc) is 2.37. The summed E-state index contributed by atoms with van der Waals surface area (Å²) >= 11 is 0. The molecule has 0 bridgehead atoms. The van der Waals surface area contributed by atoms with Gasteiger partial charge in [-0.2, -0.15) is 0 Å². The van der Waals surface area contributed by atoms with E-state index in [0.717, 1.165) is 18.3 Å². The Morgan fingerprint density at radius 3 is 2.29 bits per heavy atom. The lowest BCUT2D eigenvalue weighted by molar-refractivity contribution is 0.331. The Kier molecular flexibility index (Phi) is 18.4. The Morgan fingerprint density at radius 1 is 1.24 bits per heavy atom. The molecule has 0 aliphatic heterocycles. The molecule has 0 saturated carbocycles. The Morgan fingerprint density at radius 2 is 1.82 bits per heavy atom. The van der Waals surface area contributed by atoms with Crippen molar-refractivity contribution in [2.24, 2.45) is 0 Å². The largest absolute Gasteiger partial charge is 0.507 e. The summed E-state index contributed by atoms with van der Waals surface area (Å²) in [6, 6.07) is 0. The molecule has 0 aromatic rings. The molecule has 0 heterocycles. The fourth-order valence-corrected chi connectivity index (χ4v) is 1.14. The lowest BCUT2D eigenvalue weighted by atomic mass is 10.1. The quantitative estimate of drug-likeness (QED) is 0.395. The van der Waals surface area contributed by atoms with Crippen molar-refractivity contribution in [3.63, 3.8) is 0 Å². The third-order valence-corrected chi connectivity index (χ3v) is 2.13. The maximum Gasteiger partial charge on any atom is 0.121 e. The van der Waals surface area contributed by atoms with Crippen molar-refractivity contribution in [3.05, 3.63) is 36.0 Å². The maximum atomic E-state index is 8.69. The summed E-state index contributed by atoms with van der Waals surface area (Å²) in [5.41, 5.74) is 6.10. The Hall–Kier alpha value is -1.20. The van der Waals surface area contributed by atoms with Crippen LogP contribution in [0, 0.1) is 0 Å². The van der Waals surface area contributed by atoms with Crippen LogP contribution in [0.15, 0.2) is 36.0 Å². The first-order chi connectivity index (χ1) is 8.22. The fourth-order valence-electron chi connectivity index (χ4n) is 1.14. The van der Waals surface area contributed by atoms with Crippen LogP contribution in [0.5, 0.6) is 0 Å². The van der Waals surface area contributed by atoms with Crippen LogP contribution in [-0.4, -0.2) is 16.8 Å². The van der Waals surface area contributed by atoms with Gasteiger partial charge in [0, 0.05) is 0 Å². The van der Waals surface area contributed by atoms with Gasteiger partial charge in [-0.05, 0) is 31.4 Å². The standard InChI is InChI=1S/C12H22O.C3H4O/c1-3-4-5-6-7-8-9-10-12(2)11-13;1-2-3-4/h9,13H,3-8,11H2,1-2H3;3-4H,1H2. The number of unbranched alkanes of at least 4 members (excludes halogenated alkanes) is 5. The molecule has 0 aliphatic carbocycles. The van der Waals surface area contributed by atoms with Gasteiger partial charge in [0.15, 0.2) is 0 Å². The van der Waals surface area contributed by atoms with Gasteiger partial charge in [-0.25, -0.2) is 0 Å². The second kappa shape index (κ2) is 17.2. The van der Waals surface area contributed by atoms with Gasteiger partial charge in [-0.15, -0.1) is 5.73 Å². The number of aliphatic hydroxyl groups excluding tert-OH is 2. The normalized spacial score (nSPS) is 8.18. The van der Waals surface area contributed by atoms with Crippen molar-refractivity contribution >= 4 is 0 Å². The fraction of sp³-hybridized carbons (Fsp3) is 0.600. The van der Waals surface area contributed by atoms with Crippen molar-refractivity contribution in [2.75, 3.05) is 6.61 Å². The molecule has 0 unspecified atom stereocenters. The summed E-state index contributed by atoms with van der Waals surface area (Å²) in [7, 11) is 0. The first-order valence-corrected chi connectivity index (χ1v) is 6.22. The molecule has 0 atom stereocenters. The molecular formula is C15H26O2. The van der Waals surface area contributed by atoms with Crippen molar-refractivity contribution in [3.8, 4) is 0 Å². The second-order valence-electron chi connectivity index (χ2n) is 3.82. The smallest absolute Gasteiger partial charge is 0.121 e. The Labute approximate surface area is 106 Å². The summed E-state index contributed by atoms with van der Waals surface area (Å²) in [6.07, 6.45) is 10.5. The van der Waals surface area contributed by atoms with E-state index in [1.54, 1.807) is 0 Å². The molecule has 0 spiro atoms. The molecule has 0 fully saturated rings. The van der Waals surface area contributed by atoms with Gasteiger partial charge >= 0.3 is 0 Å². The molecule has 0 amide bonds. The monoisotopic (exact) mass is 238 g/mol. The number of hydrogen-bond donors (Lipinski definition) is 2. The van der Waals surface area contributed by atoms with Crippen LogP contribution in [-0.2, 0) is 0 Å². The SMILES string of the molecule is C=C=CO.CCCCCCCC=C=C(C)CO. The molecule has 0 rings (SSSR count). The third-order valence-electron chi connectivity index (χ3n) is 2.13. The van der Waals surface area contributed by atoms with Crippen LogP contribution in [0.25, 0.3) is 0 Å². The topological polar surface area (TPSA) is 40.5 Å². The second-order valence-corrected chi connectivity index (χ2v) is 3.82. The minimum absolute atomic E-state index is 0.131. The molecule has 0 aromatic heterocycles. The minimum Gasteiger partial charge on any atom is -0.507 e. The summed E-state index contributed by atoms with van der Waals surface area (Å²) < 4.78 is 0. The van der Waals surface area contributed by atoms with Crippen molar-refractivity contribution in [1.29, 1.82) is 0 Å². The molecule has 0 saturated heterocycles. The van der Waals surface area contributed by atoms with Crippen LogP contribution in [0.3, 0.4) is 0 Å². The molecule has 0 radical (unpaired) electrons. The highest BCUT2D eigenvalue weighted by atomic mass is 16.3. The zero-order valence-electron chi connectivity index (χ0n) is 11.2. The molecule has 0 aromatic carbocycles. The summed E-state index contributed by atoms with van der Waals surface area (Å²) in [5.74, 6) is 0. The Bertz CT molecular complexity index is 254. The highest BCUT2D eigenvalue weighted by molar-refractivity contribution is 4.97. The third kappa shape index (κ3) is 20.8. The zero-order valence-corrected chi connectivity index (χ0v) is 11.2. The van der Waals surface area contributed by atoms with Gasteiger partial charge in [-0.3, -0.25) is 0 Å². The summed E-state index contributed by atoms with van der Waals surface area (Å²) in [5, 5.41) is 16.3. The molecule has 17 heavy (non-hydrogen) atoms. The molecule has 98 valence electrons. The highest BCUT2D eigenvalue weighted by Crippen LogP contribution is 2.05. The van der Waals surface area contributed by atoms with Crippen molar-refractivity contribution in [2.45, 2.75) is 52.4 Å². The molecule has 2 N–H and O–H groups in total.